The number of Topliss-reactive ketones (excluding diaryl/α,β-unsaturated/α-hetero) is 1. The zero-order valence-electron chi connectivity index (χ0n) is 11.4. The molecule has 1 aliphatic heterocycles. The lowest BCUT2D eigenvalue weighted by Crippen LogP contribution is -2.51. The van der Waals surface area contributed by atoms with Gasteiger partial charge in [0.05, 0.1) is 7.11 Å². The summed E-state index contributed by atoms with van der Waals surface area (Å²) in [6, 6.07) is 8.30. The van der Waals surface area contributed by atoms with Crippen molar-refractivity contribution >= 4 is 5.78 Å². The first-order valence-electron chi connectivity index (χ1n) is 7.11. The second-order valence-corrected chi connectivity index (χ2v) is 5.79. The highest BCUT2D eigenvalue weighted by Crippen LogP contribution is 2.46. The van der Waals surface area contributed by atoms with Gasteiger partial charge in [0.2, 0.25) is 0 Å². The minimum absolute atomic E-state index is 0.0368. The third-order valence-electron chi connectivity index (χ3n) is 4.85. The van der Waals surface area contributed by atoms with Crippen LogP contribution in [0.15, 0.2) is 24.3 Å². The van der Waals surface area contributed by atoms with E-state index >= 15 is 0 Å². The van der Waals surface area contributed by atoms with Crippen LogP contribution in [-0.2, 0) is 10.2 Å². The van der Waals surface area contributed by atoms with Gasteiger partial charge in [0.25, 0.3) is 0 Å². The Morgan fingerprint density at radius 3 is 3.16 bits per heavy atom. The number of fused-ring (bicyclic) bond motifs is 1. The van der Waals surface area contributed by atoms with Gasteiger partial charge in [-0.3, -0.25) is 4.79 Å². The van der Waals surface area contributed by atoms with Crippen molar-refractivity contribution in [1.82, 2.24) is 5.32 Å². The first kappa shape index (κ1) is 12.7. The molecule has 1 heterocycles. The molecule has 0 spiro atoms. The van der Waals surface area contributed by atoms with E-state index in [0.29, 0.717) is 18.1 Å². The number of hydrogen-bond acceptors (Lipinski definition) is 3. The van der Waals surface area contributed by atoms with Crippen LogP contribution in [0.2, 0.25) is 0 Å². The maximum absolute atomic E-state index is 12.0. The topological polar surface area (TPSA) is 38.3 Å². The van der Waals surface area contributed by atoms with Crippen LogP contribution < -0.4 is 10.1 Å². The highest BCUT2D eigenvalue weighted by Gasteiger charge is 2.46. The molecular weight excluding hydrogens is 238 g/mol. The van der Waals surface area contributed by atoms with Gasteiger partial charge < -0.3 is 10.1 Å². The molecule has 3 rings (SSSR count). The maximum Gasteiger partial charge on any atom is 0.133 e. The Morgan fingerprint density at radius 1 is 1.42 bits per heavy atom. The number of rotatable bonds is 2. The van der Waals surface area contributed by atoms with Crippen molar-refractivity contribution in [2.24, 2.45) is 5.92 Å². The Kier molecular flexibility index (Phi) is 3.31. The van der Waals surface area contributed by atoms with Crippen LogP contribution in [0.3, 0.4) is 0 Å². The van der Waals surface area contributed by atoms with Gasteiger partial charge in [-0.1, -0.05) is 12.1 Å². The maximum atomic E-state index is 12.0. The summed E-state index contributed by atoms with van der Waals surface area (Å²) in [5, 5.41) is 3.48. The fraction of sp³-hybridized carbons (Fsp3) is 0.562. The zero-order valence-corrected chi connectivity index (χ0v) is 11.4. The number of hydrogen-bond donors (Lipinski definition) is 1. The fourth-order valence-corrected chi connectivity index (χ4v) is 3.79. The molecule has 1 aromatic carbocycles. The highest BCUT2D eigenvalue weighted by molar-refractivity contribution is 5.81. The van der Waals surface area contributed by atoms with E-state index in [1.165, 1.54) is 5.56 Å². The minimum atomic E-state index is 0.0368. The smallest absolute Gasteiger partial charge is 0.133 e. The molecule has 102 valence electrons. The molecule has 1 N–H and O–H groups in total. The van der Waals surface area contributed by atoms with Crippen molar-refractivity contribution in [2.75, 3.05) is 20.2 Å². The van der Waals surface area contributed by atoms with E-state index < -0.39 is 0 Å². The van der Waals surface area contributed by atoms with Gasteiger partial charge >= 0.3 is 0 Å². The standard InChI is InChI=1S/C16H21NO2/c1-19-15-4-2-3-12(9-15)16-7-8-17-11-13(16)5-6-14(18)10-16/h2-4,9,13,17H,5-8,10-11H2,1H3. The molecule has 0 amide bonds. The molecule has 1 aliphatic carbocycles. The first-order valence-corrected chi connectivity index (χ1v) is 7.11. The predicted molar refractivity (Wildman–Crippen MR) is 74.5 cm³/mol. The van der Waals surface area contributed by atoms with Crippen molar-refractivity contribution in [3.8, 4) is 5.75 Å². The number of benzene rings is 1. The summed E-state index contributed by atoms with van der Waals surface area (Å²) in [5.74, 6) is 1.88. The lowest BCUT2D eigenvalue weighted by molar-refractivity contribution is -0.124. The number of methoxy groups -OCH3 is 1. The van der Waals surface area contributed by atoms with Crippen molar-refractivity contribution in [3.63, 3.8) is 0 Å². The Balaban J connectivity index is 2.02. The van der Waals surface area contributed by atoms with E-state index in [-0.39, 0.29) is 5.41 Å². The molecule has 2 unspecified atom stereocenters. The number of ketones is 1. The number of carbonyl (C=O) groups is 1. The third-order valence-corrected chi connectivity index (χ3v) is 4.85. The number of piperidine rings is 1. The Morgan fingerprint density at radius 2 is 2.32 bits per heavy atom. The average Bonchev–Trinajstić information content (AvgIpc) is 2.47. The lowest BCUT2D eigenvalue weighted by atomic mass is 9.59. The molecule has 0 radical (unpaired) electrons. The molecule has 19 heavy (non-hydrogen) atoms. The van der Waals surface area contributed by atoms with E-state index in [0.717, 1.165) is 38.1 Å². The van der Waals surface area contributed by atoms with Crippen LogP contribution in [0.1, 0.15) is 31.2 Å². The van der Waals surface area contributed by atoms with Gasteiger partial charge in [-0.2, -0.15) is 0 Å². The molecule has 2 fully saturated rings. The highest BCUT2D eigenvalue weighted by atomic mass is 16.5. The van der Waals surface area contributed by atoms with Crippen LogP contribution in [-0.4, -0.2) is 26.0 Å². The van der Waals surface area contributed by atoms with Crippen molar-refractivity contribution in [1.29, 1.82) is 0 Å². The van der Waals surface area contributed by atoms with E-state index in [2.05, 4.69) is 17.4 Å². The Hall–Kier alpha value is -1.35. The van der Waals surface area contributed by atoms with Gasteiger partial charge in [0, 0.05) is 18.3 Å². The summed E-state index contributed by atoms with van der Waals surface area (Å²) in [4.78, 5) is 12.0. The van der Waals surface area contributed by atoms with Crippen LogP contribution in [0.25, 0.3) is 0 Å². The molecule has 0 bridgehead atoms. The Labute approximate surface area is 114 Å². The van der Waals surface area contributed by atoms with Crippen molar-refractivity contribution < 1.29 is 9.53 Å². The summed E-state index contributed by atoms with van der Waals surface area (Å²) < 4.78 is 5.35. The normalized spacial score (nSPS) is 30.8. The van der Waals surface area contributed by atoms with E-state index in [1.54, 1.807) is 7.11 Å². The zero-order chi connectivity index (χ0) is 13.3. The molecule has 1 saturated heterocycles. The summed E-state index contributed by atoms with van der Waals surface area (Å²) in [6.07, 6.45) is 3.52. The van der Waals surface area contributed by atoms with Crippen LogP contribution in [0.4, 0.5) is 0 Å². The van der Waals surface area contributed by atoms with Gasteiger partial charge in [0.1, 0.15) is 11.5 Å². The summed E-state index contributed by atoms with van der Waals surface area (Å²) >= 11 is 0. The molecule has 2 atom stereocenters. The second kappa shape index (κ2) is 4.97. The van der Waals surface area contributed by atoms with Crippen molar-refractivity contribution in [2.45, 2.75) is 31.1 Å². The minimum Gasteiger partial charge on any atom is -0.497 e. The van der Waals surface area contributed by atoms with Gasteiger partial charge in [-0.25, -0.2) is 0 Å². The van der Waals surface area contributed by atoms with E-state index in [9.17, 15) is 4.79 Å². The van der Waals surface area contributed by atoms with Crippen LogP contribution in [0.5, 0.6) is 5.75 Å². The second-order valence-electron chi connectivity index (χ2n) is 5.79. The molecule has 3 heteroatoms. The lowest BCUT2D eigenvalue weighted by Gasteiger charge is -2.47. The monoisotopic (exact) mass is 259 g/mol. The Bertz CT molecular complexity index is 485. The van der Waals surface area contributed by atoms with Crippen LogP contribution >= 0.6 is 0 Å². The van der Waals surface area contributed by atoms with Gasteiger partial charge in [0.15, 0.2) is 0 Å². The van der Waals surface area contributed by atoms with E-state index in [4.69, 9.17) is 4.74 Å². The van der Waals surface area contributed by atoms with Gasteiger partial charge in [-0.05, 0) is 49.5 Å². The summed E-state index contributed by atoms with van der Waals surface area (Å²) in [5.41, 5.74) is 1.32. The first-order chi connectivity index (χ1) is 9.24. The molecular formula is C16H21NO2. The van der Waals surface area contributed by atoms with Crippen LogP contribution in [0, 0.1) is 5.92 Å². The quantitative estimate of drug-likeness (QED) is 0.885. The molecule has 1 aromatic rings. The molecule has 3 nitrogen and oxygen atoms in total. The average molecular weight is 259 g/mol. The molecule has 1 saturated carbocycles. The third kappa shape index (κ3) is 2.16. The number of carbonyl (C=O) groups excluding carboxylic acids is 1. The summed E-state index contributed by atoms with van der Waals surface area (Å²) in [6.45, 7) is 2.03. The fourth-order valence-electron chi connectivity index (χ4n) is 3.79. The number of ether oxygens (including phenoxy) is 1. The summed E-state index contributed by atoms with van der Waals surface area (Å²) in [7, 11) is 1.70. The van der Waals surface area contributed by atoms with Crippen molar-refractivity contribution in [3.05, 3.63) is 29.8 Å². The molecule has 2 aliphatic rings. The predicted octanol–water partition coefficient (Wildman–Crippen LogP) is 2.30. The van der Waals surface area contributed by atoms with Gasteiger partial charge in [-0.15, -0.1) is 0 Å². The molecule has 0 aromatic heterocycles. The SMILES string of the molecule is COc1cccc(C23CCNCC2CCC(=O)C3)c1. The number of nitrogens with one attached hydrogen (secondary N) is 1. The van der Waals surface area contributed by atoms with E-state index in [1.807, 2.05) is 12.1 Å². The largest absolute Gasteiger partial charge is 0.497 e.